The third kappa shape index (κ3) is 5.55. The quantitative estimate of drug-likeness (QED) is 0.859. The monoisotopic (exact) mass is 346 g/mol. The zero-order valence-corrected chi connectivity index (χ0v) is 16.2. The Balaban J connectivity index is 2.00. The second kappa shape index (κ2) is 8.81. The van der Waals surface area contributed by atoms with Crippen LogP contribution in [-0.2, 0) is 4.79 Å². The summed E-state index contributed by atoms with van der Waals surface area (Å²) in [4.78, 5) is 17.0. The van der Waals surface area contributed by atoms with Gasteiger partial charge in [0.05, 0.1) is 0 Å². The summed E-state index contributed by atoms with van der Waals surface area (Å²) in [6.45, 7) is 8.86. The number of aliphatic hydroxyl groups excluding tert-OH is 1. The van der Waals surface area contributed by atoms with Gasteiger partial charge in [-0.3, -0.25) is 9.69 Å². The zero-order valence-electron chi connectivity index (χ0n) is 16.2. The number of aliphatic hydroxyl groups is 1. The number of hydrogen-bond acceptors (Lipinski definition) is 3. The highest BCUT2D eigenvalue weighted by molar-refractivity contribution is 5.81. The first-order chi connectivity index (χ1) is 11.8. The molecular formula is C21H34N2O2. The van der Waals surface area contributed by atoms with Crippen molar-refractivity contribution in [3.63, 3.8) is 0 Å². The Morgan fingerprint density at radius 3 is 2.60 bits per heavy atom. The van der Waals surface area contributed by atoms with Crippen LogP contribution in [0.15, 0.2) is 30.3 Å². The molecule has 4 nitrogen and oxygen atoms in total. The average Bonchev–Trinajstić information content (AvgIpc) is 2.59. The number of likely N-dealkylation sites (tertiary alicyclic amines) is 1. The SMILES string of the molecule is CN(C[C@@H]1CCCN(C(=O)C(C)(C)C)C1)[C@H](CCO)c1ccccc1. The number of nitrogens with zero attached hydrogens (tertiary/aromatic N) is 2. The molecule has 2 atom stereocenters. The molecule has 1 aliphatic rings. The van der Waals surface area contributed by atoms with Crippen molar-refractivity contribution >= 4 is 5.91 Å². The molecule has 0 saturated carbocycles. The molecule has 0 aromatic heterocycles. The van der Waals surface area contributed by atoms with Crippen molar-refractivity contribution in [2.24, 2.45) is 11.3 Å². The molecule has 140 valence electrons. The van der Waals surface area contributed by atoms with Gasteiger partial charge in [0.25, 0.3) is 0 Å². The molecule has 1 amide bonds. The molecule has 4 heteroatoms. The average molecular weight is 347 g/mol. The van der Waals surface area contributed by atoms with Crippen molar-refractivity contribution < 1.29 is 9.90 Å². The first kappa shape index (κ1) is 19.9. The molecule has 0 aliphatic carbocycles. The summed E-state index contributed by atoms with van der Waals surface area (Å²) >= 11 is 0. The normalized spacial score (nSPS) is 19.9. The number of piperidine rings is 1. The van der Waals surface area contributed by atoms with Gasteiger partial charge in [-0.05, 0) is 37.8 Å². The zero-order chi connectivity index (χ0) is 18.4. The van der Waals surface area contributed by atoms with Crippen molar-refractivity contribution in [2.45, 2.75) is 46.1 Å². The molecule has 2 rings (SSSR count). The summed E-state index contributed by atoms with van der Waals surface area (Å²) < 4.78 is 0. The topological polar surface area (TPSA) is 43.8 Å². The predicted molar refractivity (Wildman–Crippen MR) is 102 cm³/mol. The van der Waals surface area contributed by atoms with Gasteiger partial charge < -0.3 is 10.0 Å². The van der Waals surface area contributed by atoms with Crippen molar-refractivity contribution in [2.75, 3.05) is 33.3 Å². The molecule has 25 heavy (non-hydrogen) atoms. The standard InChI is InChI=1S/C21H34N2O2/c1-21(2,3)20(25)23-13-8-9-17(16-23)15-22(4)19(12-14-24)18-10-6-5-7-11-18/h5-7,10-11,17,19,24H,8-9,12-16H2,1-4H3/t17-,19+/m0/s1. The van der Waals surface area contributed by atoms with E-state index < -0.39 is 0 Å². The number of rotatable bonds is 6. The van der Waals surface area contributed by atoms with E-state index in [1.807, 2.05) is 31.7 Å². The first-order valence-corrected chi connectivity index (χ1v) is 9.48. The van der Waals surface area contributed by atoms with Gasteiger partial charge in [-0.25, -0.2) is 0 Å². The number of carbonyl (C=O) groups is 1. The highest BCUT2D eigenvalue weighted by Crippen LogP contribution is 2.27. The van der Waals surface area contributed by atoms with Crippen LogP contribution in [0.5, 0.6) is 0 Å². The van der Waals surface area contributed by atoms with E-state index in [1.165, 1.54) is 12.0 Å². The maximum Gasteiger partial charge on any atom is 0.227 e. The lowest BCUT2D eigenvalue weighted by molar-refractivity contribution is -0.141. The van der Waals surface area contributed by atoms with Gasteiger partial charge >= 0.3 is 0 Å². The third-order valence-electron chi connectivity index (χ3n) is 5.11. The molecule has 1 N–H and O–H groups in total. The molecule has 1 aliphatic heterocycles. The van der Waals surface area contributed by atoms with E-state index in [-0.39, 0.29) is 24.0 Å². The molecule has 0 radical (unpaired) electrons. The second-order valence-corrected chi connectivity index (χ2v) is 8.39. The van der Waals surface area contributed by atoms with Crippen LogP contribution in [0.2, 0.25) is 0 Å². The van der Waals surface area contributed by atoms with Crippen molar-refractivity contribution in [3.05, 3.63) is 35.9 Å². The maximum absolute atomic E-state index is 12.6. The van der Waals surface area contributed by atoms with Crippen LogP contribution in [0.25, 0.3) is 0 Å². The highest BCUT2D eigenvalue weighted by atomic mass is 16.3. The lowest BCUT2D eigenvalue weighted by Crippen LogP contribution is -2.47. The fraction of sp³-hybridized carbons (Fsp3) is 0.667. The largest absolute Gasteiger partial charge is 0.396 e. The number of hydrogen-bond donors (Lipinski definition) is 1. The fourth-order valence-electron chi connectivity index (χ4n) is 3.85. The molecular weight excluding hydrogens is 312 g/mol. The summed E-state index contributed by atoms with van der Waals surface area (Å²) in [5.74, 6) is 0.754. The highest BCUT2D eigenvalue weighted by Gasteiger charge is 2.32. The van der Waals surface area contributed by atoms with Crippen molar-refractivity contribution in [1.82, 2.24) is 9.80 Å². The predicted octanol–water partition coefficient (Wildman–Crippen LogP) is 3.33. The van der Waals surface area contributed by atoms with Crippen LogP contribution in [0.4, 0.5) is 0 Å². The molecule has 0 spiro atoms. The minimum atomic E-state index is -0.308. The van der Waals surface area contributed by atoms with E-state index >= 15 is 0 Å². The summed E-state index contributed by atoms with van der Waals surface area (Å²) in [5, 5.41) is 9.48. The van der Waals surface area contributed by atoms with Gasteiger partial charge in [0, 0.05) is 37.7 Å². The molecule has 0 bridgehead atoms. The molecule has 1 heterocycles. The fourth-order valence-corrected chi connectivity index (χ4v) is 3.85. The lowest BCUT2D eigenvalue weighted by Gasteiger charge is -2.39. The Hall–Kier alpha value is -1.39. The summed E-state index contributed by atoms with van der Waals surface area (Å²) in [5.41, 5.74) is 0.939. The van der Waals surface area contributed by atoms with E-state index in [0.29, 0.717) is 5.92 Å². The van der Waals surface area contributed by atoms with Crippen LogP contribution in [0.3, 0.4) is 0 Å². The second-order valence-electron chi connectivity index (χ2n) is 8.39. The van der Waals surface area contributed by atoms with E-state index in [9.17, 15) is 9.90 Å². The van der Waals surface area contributed by atoms with Crippen molar-refractivity contribution in [3.8, 4) is 0 Å². The van der Waals surface area contributed by atoms with Crippen LogP contribution in [0.1, 0.15) is 51.6 Å². The lowest BCUT2D eigenvalue weighted by atomic mass is 9.90. The minimum Gasteiger partial charge on any atom is -0.396 e. The van der Waals surface area contributed by atoms with Crippen LogP contribution in [0, 0.1) is 11.3 Å². The Labute approximate surface area is 152 Å². The van der Waals surface area contributed by atoms with E-state index in [1.54, 1.807) is 0 Å². The van der Waals surface area contributed by atoms with Crippen molar-refractivity contribution in [1.29, 1.82) is 0 Å². The molecule has 1 saturated heterocycles. The van der Waals surface area contributed by atoms with E-state index in [4.69, 9.17) is 0 Å². The molecule has 1 aromatic rings. The van der Waals surface area contributed by atoms with Gasteiger partial charge in [0.15, 0.2) is 0 Å². The summed E-state index contributed by atoms with van der Waals surface area (Å²) in [6.07, 6.45) is 2.98. The number of carbonyl (C=O) groups excluding carboxylic acids is 1. The van der Waals surface area contributed by atoms with Gasteiger partial charge in [0.1, 0.15) is 0 Å². The number of benzene rings is 1. The van der Waals surface area contributed by atoms with Gasteiger partial charge in [-0.1, -0.05) is 51.1 Å². The summed E-state index contributed by atoms with van der Waals surface area (Å²) in [6, 6.07) is 10.6. The Bertz CT molecular complexity index is 539. The Morgan fingerprint density at radius 1 is 1.32 bits per heavy atom. The smallest absolute Gasteiger partial charge is 0.227 e. The van der Waals surface area contributed by atoms with Gasteiger partial charge in [-0.15, -0.1) is 0 Å². The van der Waals surface area contributed by atoms with Crippen LogP contribution in [-0.4, -0.2) is 54.1 Å². The maximum atomic E-state index is 12.6. The van der Waals surface area contributed by atoms with E-state index in [2.05, 4.69) is 36.2 Å². The van der Waals surface area contributed by atoms with Gasteiger partial charge in [0.2, 0.25) is 5.91 Å². The molecule has 1 fully saturated rings. The summed E-state index contributed by atoms with van der Waals surface area (Å²) in [7, 11) is 2.14. The first-order valence-electron chi connectivity index (χ1n) is 9.48. The van der Waals surface area contributed by atoms with Crippen LogP contribution >= 0.6 is 0 Å². The number of amides is 1. The molecule has 0 unspecified atom stereocenters. The Morgan fingerprint density at radius 2 is 2.00 bits per heavy atom. The third-order valence-corrected chi connectivity index (χ3v) is 5.11. The Kier molecular flexibility index (Phi) is 7.03. The molecule has 1 aromatic carbocycles. The van der Waals surface area contributed by atoms with E-state index in [0.717, 1.165) is 32.5 Å². The van der Waals surface area contributed by atoms with Gasteiger partial charge in [-0.2, -0.15) is 0 Å². The van der Waals surface area contributed by atoms with Crippen LogP contribution < -0.4 is 0 Å². The minimum absolute atomic E-state index is 0.184.